The highest BCUT2D eigenvalue weighted by Crippen LogP contribution is 2.28. The molecule has 0 spiro atoms. The predicted molar refractivity (Wildman–Crippen MR) is 42.5 cm³/mol. The Kier molecular flexibility index (Phi) is 1.82. The monoisotopic (exact) mass is 226 g/mol. The molecule has 1 unspecified atom stereocenters. The Morgan fingerprint density at radius 1 is 1.62 bits per heavy atom. The third kappa shape index (κ3) is 1.58. The van der Waals surface area contributed by atoms with Crippen LogP contribution in [0.15, 0.2) is 0 Å². The number of hydrogen-bond acceptors (Lipinski definition) is 1. The van der Waals surface area contributed by atoms with Gasteiger partial charge >= 0.3 is 0 Å². The molecule has 0 aromatic heterocycles. The third-order valence-electron chi connectivity index (χ3n) is 1.37. The maximum atomic E-state index is 5.45. The minimum absolute atomic E-state index is 0.159. The van der Waals surface area contributed by atoms with Crippen LogP contribution in [0.4, 0.5) is 0 Å². The molecule has 0 radical (unpaired) electrons. The molecular formula is C6H11IO. The molecule has 1 saturated heterocycles. The van der Waals surface area contributed by atoms with E-state index < -0.39 is 0 Å². The van der Waals surface area contributed by atoms with E-state index in [-0.39, 0.29) is 5.60 Å². The highest BCUT2D eigenvalue weighted by atomic mass is 127. The van der Waals surface area contributed by atoms with Gasteiger partial charge in [-0.25, -0.2) is 0 Å². The first-order chi connectivity index (χ1) is 3.60. The van der Waals surface area contributed by atoms with E-state index >= 15 is 0 Å². The van der Waals surface area contributed by atoms with Crippen LogP contribution >= 0.6 is 22.6 Å². The second-order valence-corrected chi connectivity index (χ2v) is 4.63. The van der Waals surface area contributed by atoms with Gasteiger partial charge in [0.1, 0.15) is 0 Å². The first kappa shape index (κ1) is 6.81. The standard InChI is InChI=1S/C6H11IO/c1-6(2)3-5(7)4-8-6/h5H,3-4H2,1-2H3. The first-order valence-corrected chi connectivity index (χ1v) is 4.13. The first-order valence-electron chi connectivity index (χ1n) is 2.88. The summed E-state index contributed by atoms with van der Waals surface area (Å²) in [5.41, 5.74) is 0.159. The SMILES string of the molecule is CC1(C)CC(I)CO1. The molecule has 0 aliphatic carbocycles. The lowest BCUT2D eigenvalue weighted by Crippen LogP contribution is -2.16. The molecule has 48 valence electrons. The molecule has 1 nitrogen and oxygen atoms in total. The lowest BCUT2D eigenvalue weighted by Gasteiger charge is -2.14. The van der Waals surface area contributed by atoms with Crippen molar-refractivity contribution in [2.24, 2.45) is 0 Å². The zero-order valence-corrected chi connectivity index (χ0v) is 7.44. The van der Waals surface area contributed by atoms with Crippen molar-refractivity contribution >= 4 is 22.6 Å². The van der Waals surface area contributed by atoms with Crippen molar-refractivity contribution in [3.05, 3.63) is 0 Å². The molecule has 0 aromatic carbocycles. The molecule has 1 fully saturated rings. The summed E-state index contributed by atoms with van der Waals surface area (Å²) >= 11 is 2.43. The van der Waals surface area contributed by atoms with Crippen LogP contribution in [0.25, 0.3) is 0 Å². The smallest absolute Gasteiger partial charge is 0.0637 e. The molecule has 0 amide bonds. The number of ether oxygens (including phenoxy) is 1. The molecule has 8 heavy (non-hydrogen) atoms. The zero-order valence-electron chi connectivity index (χ0n) is 5.28. The normalized spacial score (nSPS) is 35.6. The summed E-state index contributed by atoms with van der Waals surface area (Å²) in [7, 11) is 0. The molecule has 1 atom stereocenters. The minimum Gasteiger partial charge on any atom is -0.374 e. The number of halogens is 1. The van der Waals surface area contributed by atoms with Gasteiger partial charge in [0.2, 0.25) is 0 Å². The lowest BCUT2D eigenvalue weighted by atomic mass is 10.1. The fraction of sp³-hybridized carbons (Fsp3) is 1.00. The summed E-state index contributed by atoms with van der Waals surface area (Å²) in [5, 5.41) is 0. The van der Waals surface area contributed by atoms with E-state index in [0.29, 0.717) is 0 Å². The summed E-state index contributed by atoms with van der Waals surface area (Å²) in [6.07, 6.45) is 1.20. The van der Waals surface area contributed by atoms with Crippen molar-refractivity contribution < 1.29 is 4.74 Å². The van der Waals surface area contributed by atoms with E-state index in [1.165, 1.54) is 6.42 Å². The predicted octanol–water partition coefficient (Wildman–Crippen LogP) is 1.99. The molecule has 0 bridgehead atoms. The Bertz CT molecular complexity index is 90.5. The molecule has 0 saturated carbocycles. The number of rotatable bonds is 0. The summed E-state index contributed by atoms with van der Waals surface area (Å²) in [6, 6.07) is 0. The summed E-state index contributed by atoms with van der Waals surface area (Å²) in [4.78, 5) is 0. The second-order valence-electron chi connectivity index (χ2n) is 2.87. The average Bonchev–Trinajstić information content (AvgIpc) is 1.82. The van der Waals surface area contributed by atoms with Crippen LogP contribution < -0.4 is 0 Å². The van der Waals surface area contributed by atoms with Gasteiger partial charge in [-0.1, -0.05) is 22.6 Å². The van der Waals surface area contributed by atoms with Gasteiger partial charge in [0.05, 0.1) is 12.2 Å². The summed E-state index contributed by atoms with van der Waals surface area (Å²) in [6.45, 7) is 5.23. The number of hydrogen-bond donors (Lipinski definition) is 0. The largest absolute Gasteiger partial charge is 0.374 e. The van der Waals surface area contributed by atoms with E-state index in [4.69, 9.17) is 4.74 Å². The maximum absolute atomic E-state index is 5.45. The highest BCUT2D eigenvalue weighted by Gasteiger charge is 2.29. The van der Waals surface area contributed by atoms with Crippen molar-refractivity contribution in [3.8, 4) is 0 Å². The maximum Gasteiger partial charge on any atom is 0.0637 e. The van der Waals surface area contributed by atoms with Crippen LogP contribution in [0.3, 0.4) is 0 Å². The van der Waals surface area contributed by atoms with Crippen molar-refractivity contribution in [1.29, 1.82) is 0 Å². The van der Waals surface area contributed by atoms with E-state index in [9.17, 15) is 0 Å². The Morgan fingerprint density at radius 3 is 2.38 bits per heavy atom. The van der Waals surface area contributed by atoms with E-state index in [2.05, 4.69) is 36.4 Å². The van der Waals surface area contributed by atoms with Gasteiger partial charge in [0.15, 0.2) is 0 Å². The summed E-state index contributed by atoms with van der Waals surface area (Å²) in [5.74, 6) is 0. The third-order valence-corrected chi connectivity index (χ3v) is 2.17. The average molecular weight is 226 g/mol. The molecule has 1 heterocycles. The second kappa shape index (κ2) is 2.14. The van der Waals surface area contributed by atoms with Crippen LogP contribution in [-0.2, 0) is 4.74 Å². The Labute approximate surface area is 63.9 Å². The molecule has 0 N–H and O–H groups in total. The molecule has 1 aliphatic heterocycles. The fourth-order valence-electron chi connectivity index (χ4n) is 0.967. The molecular weight excluding hydrogens is 215 g/mol. The van der Waals surface area contributed by atoms with Gasteiger partial charge in [-0.3, -0.25) is 0 Å². The van der Waals surface area contributed by atoms with Crippen molar-refractivity contribution in [1.82, 2.24) is 0 Å². The van der Waals surface area contributed by atoms with Gasteiger partial charge in [-0.2, -0.15) is 0 Å². The Morgan fingerprint density at radius 2 is 2.25 bits per heavy atom. The Balaban J connectivity index is 2.44. The van der Waals surface area contributed by atoms with Crippen LogP contribution in [0.1, 0.15) is 20.3 Å². The Hall–Kier alpha value is 0.690. The molecule has 1 aliphatic rings. The van der Waals surface area contributed by atoms with Crippen molar-refractivity contribution in [2.75, 3.05) is 6.61 Å². The molecule has 1 rings (SSSR count). The van der Waals surface area contributed by atoms with Gasteiger partial charge in [-0.15, -0.1) is 0 Å². The van der Waals surface area contributed by atoms with Gasteiger partial charge in [0.25, 0.3) is 0 Å². The van der Waals surface area contributed by atoms with Crippen LogP contribution in [0.2, 0.25) is 0 Å². The topological polar surface area (TPSA) is 9.23 Å². The minimum atomic E-state index is 0.159. The zero-order chi connectivity index (χ0) is 6.20. The molecule has 0 aromatic rings. The quantitative estimate of drug-likeness (QED) is 0.453. The van der Waals surface area contributed by atoms with Gasteiger partial charge in [0, 0.05) is 3.92 Å². The highest BCUT2D eigenvalue weighted by molar-refractivity contribution is 14.1. The molecule has 2 heteroatoms. The summed E-state index contributed by atoms with van der Waals surface area (Å²) < 4.78 is 6.18. The van der Waals surface area contributed by atoms with E-state index in [1.54, 1.807) is 0 Å². The van der Waals surface area contributed by atoms with Gasteiger partial charge in [-0.05, 0) is 20.3 Å². The van der Waals surface area contributed by atoms with E-state index in [1.807, 2.05) is 0 Å². The number of alkyl halides is 1. The van der Waals surface area contributed by atoms with Crippen LogP contribution in [0.5, 0.6) is 0 Å². The van der Waals surface area contributed by atoms with Crippen molar-refractivity contribution in [2.45, 2.75) is 29.8 Å². The fourth-order valence-corrected chi connectivity index (χ4v) is 2.21. The van der Waals surface area contributed by atoms with Crippen molar-refractivity contribution in [3.63, 3.8) is 0 Å². The van der Waals surface area contributed by atoms with E-state index in [0.717, 1.165) is 10.5 Å². The lowest BCUT2D eigenvalue weighted by molar-refractivity contribution is 0.0369. The van der Waals surface area contributed by atoms with Crippen LogP contribution in [0, 0.1) is 0 Å². The van der Waals surface area contributed by atoms with Gasteiger partial charge < -0.3 is 4.74 Å². The van der Waals surface area contributed by atoms with Crippen LogP contribution in [-0.4, -0.2) is 16.1 Å².